The standard InChI is InChI=1S/C13H19ClN2O/c1-16(10-12-6-2-3-8-17-12)9-11-5-4-7-13(14)15-11/h4-5,7,12H,2-3,6,8-10H2,1H3. The van der Waals surface area contributed by atoms with Gasteiger partial charge in [-0.05, 0) is 38.4 Å². The molecular weight excluding hydrogens is 236 g/mol. The number of likely N-dealkylation sites (N-methyl/N-ethyl adjacent to an activating group) is 1. The molecule has 2 rings (SSSR count). The smallest absolute Gasteiger partial charge is 0.129 e. The molecule has 1 aromatic heterocycles. The Balaban J connectivity index is 1.82. The maximum absolute atomic E-state index is 5.87. The Hall–Kier alpha value is -0.640. The third-order valence-corrected chi connectivity index (χ3v) is 3.20. The summed E-state index contributed by atoms with van der Waals surface area (Å²) in [4.78, 5) is 6.53. The van der Waals surface area contributed by atoms with Crippen molar-refractivity contribution in [1.29, 1.82) is 0 Å². The highest BCUT2D eigenvalue weighted by molar-refractivity contribution is 6.29. The van der Waals surface area contributed by atoms with Crippen molar-refractivity contribution in [2.24, 2.45) is 0 Å². The maximum Gasteiger partial charge on any atom is 0.129 e. The van der Waals surface area contributed by atoms with Crippen LogP contribution in [0.1, 0.15) is 25.0 Å². The molecule has 1 saturated heterocycles. The van der Waals surface area contributed by atoms with Crippen LogP contribution in [0.2, 0.25) is 5.15 Å². The van der Waals surface area contributed by atoms with Gasteiger partial charge in [0.15, 0.2) is 0 Å². The summed E-state index contributed by atoms with van der Waals surface area (Å²) >= 11 is 5.87. The molecule has 17 heavy (non-hydrogen) atoms. The van der Waals surface area contributed by atoms with E-state index in [1.165, 1.54) is 19.3 Å². The minimum Gasteiger partial charge on any atom is -0.377 e. The number of hydrogen-bond acceptors (Lipinski definition) is 3. The van der Waals surface area contributed by atoms with Crippen LogP contribution in [0.5, 0.6) is 0 Å². The van der Waals surface area contributed by atoms with E-state index in [-0.39, 0.29) is 0 Å². The molecule has 1 aliphatic rings. The van der Waals surface area contributed by atoms with Gasteiger partial charge in [-0.25, -0.2) is 4.98 Å². The molecule has 0 spiro atoms. The topological polar surface area (TPSA) is 25.4 Å². The second-order valence-corrected chi connectivity index (χ2v) is 5.02. The molecule has 0 saturated carbocycles. The Kier molecular flexibility index (Phi) is 4.77. The Bertz CT molecular complexity index is 353. The number of hydrogen-bond donors (Lipinski definition) is 0. The van der Waals surface area contributed by atoms with E-state index in [9.17, 15) is 0 Å². The first kappa shape index (κ1) is 12.8. The lowest BCUT2D eigenvalue weighted by atomic mass is 10.1. The second kappa shape index (κ2) is 6.34. The molecule has 1 aliphatic heterocycles. The van der Waals surface area contributed by atoms with Crippen LogP contribution in [-0.2, 0) is 11.3 Å². The largest absolute Gasteiger partial charge is 0.377 e. The van der Waals surface area contributed by atoms with E-state index in [1.54, 1.807) is 6.07 Å². The van der Waals surface area contributed by atoms with Crippen LogP contribution < -0.4 is 0 Å². The maximum atomic E-state index is 5.87. The molecule has 94 valence electrons. The molecule has 0 bridgehead atoms. The van der Waals surface area contributed by atoms with Crippen molar-refractivity contribution >= 4 is 11.6 Å². The lowest BCUT2D eigenvalue weighted by Gasteiger charge is -2.27. The number of ether oxygens (including phenoxy) is 1. The summed E-state index contributed by atoms with van der Waals surface area (Å²) in [7, 11) is 2.10. The molecule has 0 aromatic carbocycles. The summed E-state index contributed by atoms with van der Waals surface area (Å²) in [6.07, 6.45) is 4.05. The number of pyridine rings is 1. The number of halogens is 1. The first-order valence-corrected chi connectivity index (χ1v) is 6.53. The van der Waals surface area contributed by atoms with Gasteiger partial charge >= 0.3 is 0 Å². The number of aromatic nitrogens is 1. The quantitative estimate of drug-likeness (QED) is 0.773. The predicted octanol–water partition coefficient (Wildman–Crippen LogP) is 2.74. The van der Waals surface area contributed by atoms with Crippen LogP contribution in [-0.4, -0.2) is 36.2 Å². The third-order valence-electron chi connectivity index (χ3n) is 2.99. The van der Waals surface area contributed by atoms with Crippen molar-refractivity contribution in [2.75, 3.05) is 20.2 Å². The minimum absolute atomic E-state index is 0.382. The summed E-state index contributed by atoms with van der Waals surface area (Å²) in [5, 5.41) is 0.560. The Morgan fingerprint density at radius 1 is 1.47 bits per heavy atom. The Morgan fingerprint density at radius 2 is 2.35 bits per heavy atom. The molecule has 1 unspecified atom stereocenters. The fourth-order valence-electron chi connectivity index (χ4n) is 2.18. The first-order valence-electron chi connectivity index (χ1n) is 6.15. The van der Waals surface area contributed by atoms with Crippen molar-refractivity contribution in [3.05, 3.63) is 29.0 Å². The van der Waals surface area contributed by atoms with Crippen molar-refractivity contribution in [3.63, 3.8) is 0 Å². The summed E-state index contributed by atoms with van der Waals surface area (Å²) < 4.78 is 5.72. The highest BCUT2D eigenvalue weighted by atomic mass is 35.5. The number of nitrogens with zero attached hydrogens (tertiary/aromatic N) is 2. The normalized spacial score (nSPS) is 20.8. The number of rotatable bonds is 4. The lowest BCUT2D eigenvalue weighted by molar-refractivity contribution is -0.00274. The monoisotopic (exact) mass is 254 g/mol. The summed E-state index contributed by atoms with van der Waals surface area (Å²) in [6, 6.07) is 5.75. The van der Waals surface area contributed by atoms with Gasteiger partial charge in [-0.1, -0.05) is 17.7 Å². The van der Waals surface area contributed by atoms with Gasteiger partial charge in [0.05, 0.1) is 11.8 Å². The van der Waals surface area contributed by atoms with Crippen molar-refractivity contribution < 1.29 is 4.74 Å². The van der Waals surface area contributed by atoms with Gasteiger partial charge in [-0.2, -0.15) is 0 Å². The highest BCUT2D eigenvalue weighted by Gasteiger charge is 2.16. The predicted molar refractivity (Wildman–Crippen MR) is 69.2 cm³/mol. The zero-order valence-corrected chi connectivity index (χ0v) is 11.0. The molecule has 1 fully saturated rings. The lowest BCUT2D eigenvalue weighted by Crippen LogP contribution is -2.33. The molecule has 1 aromatic rings. The first-order chi connectivity index (χ1) is 8.24. The van der Waals surface area contributed by atoms with Crippen LogP contribution in [0, 0.1) is 0 Å². The molecule has 0 aliphatic carbocycles. The van der Waals surface area contributed by atoms with Crippen LogP contribution >= 0.6 is 11.6 Å². The summed E-state index contributed by atoms with van der Waals surface area (Å²) in [5.41, 5.74) is 1.01. The van der Waals surface area contributed by atoms with E-state index in [2.05, 4.69) is 16.9 Å². The molecule has 4 heteroatoms. The van der Waals surface area contributed by atoms with Gasteiger partial charge in [0, 0.05) is 19.7 Å². The summed E-state index contributed by atoms with van der Waals surface area (Å²) in [5.74, 6) is 0. The van der Waals surface area contributed by atoms with Crippen LogP contribution in [0.25, 0.3) is 0 Å². The van der Waals surface area contributed by atoms with Gasteiger partial charge < -0.3 is 4.74 Å². The van der Waals surface area contributed by atoms with Crippen LogP contribution in [0.15, 0.2) is 18.2 Å². The zero-order chi connectivity index (χ0) is 12.1. The summed E-state index contributed by atoms with van der Waals surface area (Å²) in [6.45, 7) is 2.70. The fourth-order valence-corrected chi connectivity index (χ4v) is 2.36. The van der Waals surface area contributed by atoms with E-state index in [1.807, 2.05) is 12.1 Å². The Labute approximate surface area is 108 Å². The zero-order valence-electron chi connectivity index (χ0n) is 10.2. The van der Waals surface area contributed by atoms with E-state index >= 15 is 0 Å². The Morgan fingerprint density at radius 3 is 3.06 bits per heavy atom. The van der Waals surface area contributed by atoms with Crippen LogP contribution in [0.4, 0.5) is 0 Å². The van der Waals surface area contributed by atoms with E-state index in [0.29, 0.717) is 11.3 Å². The molecule has 3 nitrogen and oxygen atoms in total. The van der Waals surface area contributed by atoms with Crippen molar-refractivity contribution in [3.8, 4) is 0 Å². The van der Waals surface area contributed by atoms with Crippen molar-refractivity contribution in [2.45, 2.75) is 31.9 Å². The average molecular weight is 255 g/mol. The fraction of sp³-hybridized carbons (Fsp3) is 0.615. The van der Waals surface area contributed by atoms with E-state index < -0.39 is 0 Å². The molecule has 2 heterocycles. The van der Waals surface area contributed by atoms with Gasteiger partial charge in [0.1, 0.15) is 5.15 Å². The molecule has 0 amide bonds. The minimum atomic E-state index is 0.382. The van der Waals surface area contributed by atoms with Gasteiger partial charge in [0.2, 0.25) is 0 Å². The molecule has 0 N–H and O–H groups in total. The van der Waals surface area contributed by atoms with E-state index in [4.69, 9.17) is 16.3 Å². The second-order valence-electron chi connectivity index (χ2n) is 4.64. The molecular formula is C13H19ClN2O. The van der Waals surface area contributed by atoms with Crippen molar-refractivity contribution in [1.82, 2.24) is 9.88 Å². The van der Waals surface area contributed by atoms with Crippen LogP contribution in [0.3, 0.4) is 0 Å². The van der Waals surface area contributed by atoms with E-state index in [0.717, 1.165) is 25.4 Å². The SMILES string of the molecule is CN(Cc1cccc(Cl)n1)CC1CCCCO1. The molecule has 0 radical (unpaired) electrons. The molecule has 1 atom stereocenters. The van der Waals surface area contributed by atoms with Gasteiger partial charge in [-0.15, -0.1) is 0 Å². The third kappa shape index (κ3) is 4.26. The average Bonchev–Trinajstić information content (AvgIpc) is 2.30. The van der Waals surface area contributed by atoms with Gasteiger partial charge in [-0.3, -0.25) is 4.90 Å². The van der Waals surface area contributed by atoms with Gasteiger partial charge in [0.25, 0.3) is 0 Å². The highest BCUT2D eigenvalue weighted by Crippen LogP contribution is 2.14.